The van der Waals surface area contributed by atoms with E-state index in [1.165, 1.54) is 6.07 Å². The molecule has 110 valence electrons. The Kier molecular flexibility index (Phi) is 4.82. The normalized spacial score (nSPS) is 21.4. The van der Waals surface area contributed by atoms with Gasteiger partial charge in [0, 0.05) is 22.7 Å². The van der Waals surface area contributed by atoms with E-state index in [-0.39, 0.29) is 29.7 Å². The lowest BCUT2D eigenvalue weighted by Gasteiger charge is -2.36. The highest BCUT2D eigenvalue weighted by molar-refractivity contribution is 14.1. The third-order valence-corrected chi connectivity index (χ3v) is 3.62. The van der Waals surface area contributed by atoms with Gasteiger partial charge in [-0.3, -0.25) is 10.1 Å². The molecule has 1 aliphatic heterocycles. The van der Waals surface area contributed by atoms with E-state index in [0.717, 1.165) is 10.1 Å². The zero-order valence-electron chi connectivity index (χ0n) is 11.4. The average molecular weight is 392 g/mol. The Labute approximate surface area is 131 Å². The number of ether oxygens (including phenoxy) is 2. The van der Waals surface area contributed by atoms with Crippen LogP contribution < -0.4 is 10.1 Å². The minimum atomic E-state index is -0.429. The second-order valence-corrected chi connectivity index (χ2v) is 6.56. The Hall–Kier alpha value is -0.930. The first-order valence-corrected chi connectivity index (χ1v) is 7.40. The second-order valence-electron chi connectivity index (χ2n) is 5.31. The van der Waals surface area contributed by atoms with Crippen LogP contribution in [0.5, 0.6) is 5.75 Å². The van der Waals surface area contributed by atoms with Gasteiger partial charge in [-0.1, -0.05) is 0 Å². The Morgan fingerprint density at radius 2 is 2.35 bits per heavy atom. The fourth-order valence-electron chi connectivity index (χ4n) is 2.10. The monoisotopic (exact) mass is 392 g/mol. The SMILES string of the molecule is CC1(C)CNCC(COc2ccc(I)cc2[N+](=O)[O-])O1. The predicted molar refractivity (Wildman–Crippen MR) is 83.1 cm³/mol. The van der Waals surface area contributed by atoms with Crippen LogP contribution in [-0.2, 0) is 4.74 Å². The summed E-state index contributed by atoms with van der Waals surface area (Å²) in [4.78, 5) is 10.6. The van der Waals surface area contributed by atoms with Gasteiger partial charge in [0.25, 0.3) is 0 Å². The van der Waals surface area contributed by atoms with Gasteiger partial charge < -0.3 is 14.8 Å². The smallest absolute Gasteiger partial charge is 0.311 e. The van der Waals surface area contributed by atoms with E-state index >= 15 is 0 Å². The molecule has 0 spiro atoms. The molecule has 1 atom stereocenters. The van der Waals surface area contributed by atoms with Gasteiger partial charge in [-0.25, -0.2) is 0 Å². The Bertz CT molecular complexity index is 507. The summed E-state index contributed by atoms with van der Waals surface area (Å²) in [6.45, 7) is 5.76. The van der Waals surface area contributed by atoms with Gasteiger partial charge in [-0.2, -0.15) is 0 Å². The largest absolute Gasteiger partial charge is 0.484 e. The van der Waals surface area contributed by atoms with E-state index in [2.05, 4.69) is 5.32 Å². The van der Waals surface area contributed by atoms with Crippen LogP contribution in [0.25, 0.3) is 0 Å². The number of hydrogen-bond acceptors (Lipinski definition) is 5. The van der Waals surface area contributed by atoms with E-state index < -0.39 is 4.92 Å². The molecule has 0 saturated carbocycles. The van der Waals surface area contributed by atoms with Crippen molar-refractivity contribution in [3.8, 4) is 5.75 Å². The highest BCUT2D eigenvalue weighted by atomic mass is 127. The van der Waals surface area contributed by atoms with Crippen LogP contribution in [0.4, 0.5) is 5.69 Å². The van der Waals surface area contributed by atoms with Gasteiger partial charge in [-0.15, -0.1) is 0 Å². The molecule has 0 bridgehead atoms. The zero-order valence-corrected chi connectivity index (χ0v) is 13.5. The van der Waals surface area contributed by atoms with E-state index in [1.807, 2.05) is 36.4 Å². The lowest BCUT2D eigenvalue weighted by molar-refractivity contribution is -0.386. The molecular weight excluding hydrogens is 375 g/mol. The molecule has 7 heteroatoms. The fraction of sp³-hybridized carbons (Fsp3) is 0.538. The Balaban J connectivity index is 2.02. The number of rotatable bonds is 4. The van der Waals surface area contributed by atoms with Crippen molar-refractivity contribution in [1.82, 2.24) is 5.32 Å². The highest BCUT2D eigenvalue weighted by Gasteiger charge is 2.29. The van der Waals surface area contributed by atoms with Crippen molar-refractivity contribution in [3.05, 3.63) is 31.9 Å². The standard InChI is InChI=1S/C13H17IN2O4/c1-13(2)8-15-6-10(20-13)7-19-12-4-3-9(14)5-11(12)16(17)18/h3-5,10,15H,6-8H2,1-2H3. The number of nitrogens with zero attached hydrogens (tertiary/aromatic N) is 1. The molecule has 0 radical (unpaired) electrons. The number of morpholine rings is 1. The number of hydrogen-bond donors (Lipinski definition) is 1. The van der Waals surface area contributed by atoms with Crippen molar-refractivity contribution in [2.45, 2.75) is 25.6 Å². The summed E-state index contributed by atoms with van der Waals surface area (Å²) in [5.74, 6) is 0.280. The van der Waals surface area contributed by atoms with E-state index in [4.69, 9.17) is 9.47 Å². The summed E-state index contributed by atoms with van der Waals surface area (Å²) in [7, 11) is 0. The summed E-state index contributed by atoms with van der Waals surface area (Å²) in [6.07, 6.45) is -0.113. The van der Waals surface area contributed by atoms with Crippen LogP contribution in [0.3, 0.4) is 0 Å². The average Bonchev–Trinajstić information content (AvgIpc) is 2.36. The maximum absolute atomic E-state index is 11.0. The van der Waals surface area contributed by atoms with Gasteiger partial charge in [0.1, 0.15) is 12.7 Å². The summed E-state index contributed by atoms with van der Waals surface area (Å²) in [5.41, 5.74) is -0.260. The molecule has 1 fully saturated rings. The lowest BCUT2D eigenvalue weighted by atomic mass is 10.1. The molecular formula is C13H17IN2O4. The van der Waals surface area contributed by atoms with Crippen molar-refractivity contribution in [3.63, 3.8) is 0 Å². The maximum Gasteiger partial charge on any atom is 0.311 e. The van der Waals surface area contributed by atoms with Crippen LogP contribution in [0.2, 0.25) is 0 Å². The number of nitro groups is 1. The molecule has 0 aliphatic carbocycles. The van der Waals surface area contributed by atoms with E-state index in [1.54, 1.807) is 12.1 Å². The topological polar surface area (TPSA) is 73.6 Å². The first kappa shape index (κ1) is 15.5. The minimum absolute atomic E-state index is 0.0140. The van der Waals surface area contributed by atoms with Crippen molar-refractivity contribution in [2.24, 2.45) is 0 Å². The number of nitrogens with one attached hydrogen (secondary N) is 1. The predicted octanol–water partition coefficient (Wildman–Crippen LogP) is 2.35. The van der Waals surface area contributed by atoms with Gasteiger partial charge in [0.15, 0.2) is 5.75 Å². The third-order valence-electron chi connectivity index (χ3n) is 2.95. The summed E-state index contributed by atoms with van der Waals surface area (Å²) in [6, 6.07) is 4.91. The Morgan fingerprint density at radius 3 is 3.00 bits per heavy atom. The molecule has 6 nitrogen and oxygen atoms in total. The molecule has 1 aromatic carbocycles. The van der Waals surface area contributed by atoms with Crippen molar-refractivity contribution >= 4 is 28.3 Å². The molecule has 1 heterocycles. The molecule has 1 unspecified atom stereocenters. The number of nitro benzene ring substituents is 1. The van der Waals surface area contributed by atoms with Crippen molar-refractivity contribution in [2.75, 3.05) is 19.7 Å². The molecule has 0 aromatic heterocycles. The molecule has 1 N–H and O–H groups in total. The highest BCUT2D eigenvalue weighted by Crippen LogP contribution is 2.29. The van der Waals surface area contributed by atoms with Crippen molar-refractivity contribution in [1.29, 1.82) is 0 Å². The van der Waals surface area contributed by atoms with Gasteiger partial charge in [0.05, 0.1) is 10.5 Å². The molecule has 2 rings (SSSR count). The number of benzene rings is 1. The molecule has 0 amide bonds. The summed E-state index contributed by atoms with van der Waals surface area (Å²) in [5, 5.41) is 14.3. The first-order chi connectivity index (χ1) is 9.37. The van der Waals surface area contributed by atoms with Crippen LogP contribution >= 0.6 is 22.6 Å². The van der Waals surface area contributed by atoms with Gasteiger partial charge in [0.2, 0.25) is 0 Å². The Morgan fingerprint density at radius 1 is 1.60 bits per heavy atom. The number of halogens is 1. The van der Waals surface area contributed by atoms with Crippen LogP contribution in [0, 0.1) is 13.7 Å². The first-order valence-electron chi connectivity index (χ1n) is 6.33. The van der Waals surface area contributed by atoms with Gasteiger partial charge >= 0.3 is 5.69 Å². The third kappa shape index (κ3) is 4.03. The van der Waals surface area contributed by atoms with Crippen LogP contribution in [-0.4, -0.2) is 36.3 Å². The van der Waals surface area contributed by atoms with Crippen molar-refractivity contribution < 1.29 is 14.4 Å². The maximum atomic E-state index is 11.0. The van der Waals surface area contributed by atoms with Crippen LogP contribution in [0.15, 0.2) is 18.2 Å². The lowest BCUT2D eigenvalue weighted by Crippen LogP contribution is -2.52. The minimum Gasteiger partial charge on any atom is -0.484 e. The molecule has 1 aromatic rings. The molecule has 1 saturated heterocycles. The fourth-order valence-corrected chi connectivity index (χ4v) is 2.57. The molecule has 1 aliphatic rings. The quantitative estimate of drug-likeness (QED) is 0.484. The van der Waals surface area contributed by atoms with Crippen LogP contribution in [0.1, 0.15) is 13.8 Å². The van der Waals surface area contributed by atoms with Gasteiger partial charge in [-0.05, 0) is 48.6 Å². The summed E-state index contributed by atoms with van der Waals surface area (Å²) >= 11 is 2.04. The zero-order chi connectivity index (χ0) is 14.8. The second kappa shape index (κ2) is 6.23. The molecule has 20 heavy (non-hydrogen) atoms. The van der Waals surface area contributed by atoms with E-state index in [0.29, 0.717) is 6.54 Å². The summed E-state index contributed by atoms with van der Waals surface area (Å²) < 4.78 is 12.2. The van der Waals surface area contributed by atoms with E-state index in [9.17, 15) is 10.1 Å².